The molecule has 1 aliphatic carbocycles. The molecule has 0 radical (unpaired) electrons. The summed E-state index contributed by atoms with van der Waals surface area (Å²) in [6.45, 7) is 0. The highest BCUT2D eigenvalue weighted by atomic mass is 19.4. The van der Waals surface area contributed by atoms with E-state index in [1.807, 2.05) is 0 Å². The Morgan fingerprint density at radius 1 is 1.40 bits per heavy atom. The van der Waals surface area contributed by atoms with Crippen molar-refractivity contribution in [1.29, 1.82) is 0 Å². The van der Waals surface area contributed by atoms with Gasteiger partial charge in [0.15, 0.2) is 0 Å². The molecule has 1 fully saturated rings. The molecule has 86 valence electrons. The first-order valence-electron chi connectivity index (χ1n) is 4.40. The topological polar surface area (TPSA) is 66.4 Å². The zero-order valence-corrected chi connectivity index (χ0v) is 7.67. The van der Waals surface area contributed by atoms with Crippen LogP contribution in [0.2, 0.25) is 0 Å². The fourth-order valence-electron chi connectivity index (χ4n) is 1.27. The summed E-state index contributed by atoms with van der Waals surface area (Å²) in [6.07, 6.45) is -4.09. The highest BCUT2D eigenvalue weighted by Crippen LogP contribution is 2.34. The lowest BCUT2D eigenvalue weighted by atomic mass is 10.1. The molecule has 4 nitrogen and oxygen atoms in total. The van der Waals surface area contributed by atoms with Crippen LogP contribution in [-0.2, 0) is 9.59 Å². The molecule has 1 saturated carbocycles. The van der Waals surface area contributed by atoms with Gasteiger partial charge in [-0.25, -0.2) is 0 Å². The third kappa shape index (κ3) is 3.77. The Morgan fingerprint density at radius 3 is 2.27 bits per heavy atom. The molecule has 1 aliphatic rings. The number of aliphatic carboxylic acids is 1. The third-order valence-electron chi connectivity index (χ3n) is 2.16. The van der Waals surface area contributed by atoms with E-state index in [9.17, 15) is 22.8 Å². The molecule has 7 heteroatoms. The van der Waals surface area contributed by atoms with E-state index in [0.717, 1.165) is 0 Å². The van der Waals surface area contributed by atoms with E-state index < -0.39 is 30.5 Å². The van der Waals surface area contributed by atoms with Crippen LogP contribution in [-0.4, -0.2) is 29.2 Å². The second-order valence-corrected chi connectivity index (χ2v) is 3.51. The number of rotatable bonds is 4. The van der Waals surface area contributed by atoms with Crippen molar-refractivity contribution in [2.75, 3.05) is 0 Å². The summed E-state index contributed by atoms with van der Waals surface area (Å²) < 4.78 is 35.6. The van der Waals surface area contributed by atoms with E-state index in [4.69, 9.17) is 5.11 Å². The molecule has 0 aromatic heterocycles. The van der Waals surface area contributed by atoms with Crippen LogP contribution in [0.4, 0.5) is 13.2 Å². The van der Waals surface area contributed by atoms with Gasteiger partial charge in [-0.3, -0.25) is 9.59 Å². The van der Waals surface area contributed by atoms with Crippen LogP contribution in [0.15, 0.2) is 0 Å². The molecule has 0 spiro atoms. The van der Waals surface area contributed by atoms with Gasteiger partial charge in [0, 0.05) is 6.04 Å². The summed E-state index contributed by atoms with van der Waals surface area (Å²) >= 11 is 0. The second-order valence-electron chi connectivity index (χ2n) is 3.51. The number of hydrogen-bond donors (Lipinski definition) is 2. The van der Waals surface area contributed by atoms with Crippen molar-refractivity contribution in [2.45, 2.75) is 31.5 Å². The van der Waals surface area contributed by atoms with E-state index in [2.05, 4.69) is 0 Å². The molecule has 0 aromatic rings. The normalized spacial score (nSPS) is 18.3. The van der Waals surface area contributed by atoms with Crippen molar-refractivity contribution < 1.29 is 27.9 Å². The molecular weight excluding hydrogens is 215 g/mol. The predicted molar refractivity (Wildman–Crippen MR) is 43.0 cm³/mol. The van der Waals surface area contributed by atoms with Gasteiger partial charge in [-0.15, -0.1) is 0 Å². The number of carbonyl (C=O) groups is 2. The standard InChI is InChI=1S/C8H10F3NO3/c9-8(10,11)7(15)12-5(3-6(13)14)4-1-2-4/h4-5H,1-3H2,(H,12,15)(H,13,14). The largest absolute Gasteiger partial charge is 0.481 e. The molecule has 0 aliphatic heterocycles. The van der Waals surface area contributed by atoms with E-state index in [1.165, 1.54) is 0 Å². The lowest BCUT2D eigenvalue weighted by Gasteiger charge is -2.17. The predicted octanol–water partition coefficient (Wildman–Crippen LogP) is 0.918. The average Bonchev–Trinajstić information content (AvgIpc) is 2.81. The molecule has 15 heavy (non-hydrogen) atoms. The number of carboxylic acids is 1. The summed E-state index contributed by atoms with van der Waals surface area (Å²) in [5.74, 6) is -3.41. The SMILES string of the molecule is O=C(O)CC(NC(=O)C(F)(F)F)C1CC1. The van der Waals surface area contributed by atoms with Gasteiger partial charge in [-0.2, -0.15) is 13.2 Å². The Labute approximate surface area is 83.5 Å². The maximum Gasteiger partial charge on any atom is 0.471 e. The summed E-state index contributed by atoms with van der Waals surface area (Å²) in [6, 6.07) is -0.906. The number of hydrogen-bond acceptors (Lipinski definition) is 2. The fourth-order valence-corrected chi connectivity index (χ4v) is 1.27. The smallest absolute Gasteiger partial charge is 0.471 e. The summed E-state index contributed by atoms with van der Waals surface area (Å²) in [4.78, 5) is 20.9. The number of nitrogens with one attached hydrogen (secondary N) is 1. The Hall–Kier alpha value is -1.27. The van der Waals surface area contributed by atoms with Crippen LogP contribution in [0.3, 0.4) is 0 Å². The van der Waals surface area contributed by atoms with Crippen molar-refractivity contribution in [3.05, 3.63) is 0 Å². The van der Waals surface area contributed by atoms with Crippen LogP contribution in [0.25, 0.3) is 0 Å². The number of halogens is 3. The highest BCUT2D eigenvalue weighted by molar-refractivity contribution is 5.82. The van der Waals surface area contributed by atoms with Crippen molar-refractivity contribution in [3.63, 3.8) is 0 Å². The van der Waals surface area contributed by atoms with Crippen LogP contribution >= 0.6 is 0 Å². The van der Waals surface area contributed by atoms with Gasteiger partial charge in [0.25, 0.3) is 0 Å². The quantitative estimate of drug-likeness (QED) is 0.747. The van der Waals surface area contributed by atoms with E-state index in [0.29, 0.717) is 12.8 Å². The lowest BCUT2D eigenvalue weighted by Crippen LogP contribution is -2.45. The minimum atomic E-state index is -4.95. The van der Waals surface area contributed by atoms with Crippen LogP contribution in [0, 0.1) is 5.92 Å². The first-order valence-corrected chi connectivity index (χ1v) is 4.40. The number of alkyl halides is 3. The van der Waals surface area contributed by atoms with Crippen LogP contribution in [0.5, 0.6) is 0 Å². The zero-order valence-electron chi connectivity index (χ0n) is 7.67. The highest BCUT2D eigenvalue weighted by Gasteiger charge is 2.42. The summed E-state index contributed by atoms with van der Waals surface area (Å²) in [5.41, 5.74) is 0. The molecule has 0 bridgehead atoms. The monoisotopic (exact) mass is 225 g/mol. The van der Waals surface area contributed by atoms with Gasteiger partial charge < -0.3 is 10.4 Å². The maximum absolute atomic E-state index is 11.9. The zero-order chi connectivity index (χ0) is 11.6. The van der Waals surface area contributed by atoms with Crippen molar-refractivity contribution in [2.24, 2.45) is 5.92 Å². The van der Waals surface area contributed by atoms with E-state index in [-0.39, 0.29) is 5.92 Å². The third-order valence-corrected chi connectivity index (χ3v) is 2.16. The van der Waals surface area contributed by atoms with Crippen molar-refractivity contribution in [3.8, 4) is 0 Å². The molecule has 1 amide bonds. The van der Waals surface area contributed by atoms with Crippen molar-refractivity contribution in [1.82, 2.24) is 5.32 Å². The number of carbonyl (C=O) groups excluding carboxylic acids is 1. The Balaban J connectivity index is 2.51. The molecule has 0 aromatic carbocycles. The Bertz CT molecular complexity index is 273. The second kappa shape index (κ2) is 4.08. The first-order chi connectivity index (χ1) is 6.80. The van der Waals surface area contributed by atoms with Gasteiger partial charge in [-0.05, 0) is 18.8 Å². The first kappa shape index (κ1) is 11.8. The van der Waals surface area contributed by atoms with E-state index >= 15 is 0 Å². The number of carboxylic acid groups (broad SMARTS) is 1. The minimum absolute atomic E-state index is 0.132. The average molecular weight is 225 g/mol. The van der Waals surface area contributed by atoms with Crippen LogP contribution < -0.4 is 5.32 Å². The molecular formula is C8H10F3NO3. The Morgan fingerprint density at radius 2 is 1.93 bits per heavy atom. The molecule has 0 heterocycles. The maximum atomic E-state index is 11.9. The number of amides is 1. The van der Waals surface area contributed by atoms with Crippen molar-refractivity contribution >= 4 is 11.9 Å². The summed E-state index contributed by atoms with van der Waals surface area (Å²) in [5, 5.41) is 10.1. The van der Waals surface area contributed by atoms with Crippen LogP contribution in [0.1, 0.15) is 19.3 Å². The Kier molecular flexibility index (Phi) is 3.21. The fraction of sp³-hybridized carbons (Fsp3) is 0.750. The van der Waals surface area contributed by atoms with Gasteiger partial charge in [0.05, 0.1) is 6.42 Å². The molecule has 1 atom stereocenters. The summed E-state index contributed by atoms with van der Waals surface area (Å²) in [7, 11) is 0. The van der Waals surface area contributed by atoms with Gasteiger partial charge in [0.1, 0.15) is 0 Å². The molecule has 1 rings (SSSR count). The van der Waals surface area contributed by atoms with Gasteiger partial charge >= 0.3 is 18.1 Å². The molecule has 1 unspecified atom stereocenters. The van der Waals surface area contributed by atoms with Gasteiger partial charge in [-0.1, -0.05) is 0 Å². The van der Waals surface area contributed by atoms with Gasteiger partial charge in [0.2, 0.25) is 0 Å². The molecule has 2 N–H and O–H groups in total. The lowest BCUT2D eigenvalue weighted by molar-refractivity contribution is -0.174. The minimum Gasteiger partial charge on any atom is -0.481 e. The molecule has 0 saturated heterocycles. The van der Waals surface area contributed by atoms with E-state index in [1.54, 1.807) is 5.32 Å².